The summed E-state index contributed by atoms with van der Waals surface area (Å²) < 4.78 is 0. The fourth-order valence-electron chi connectivity index (χ4n) is 2.03. The zero-order valence-electron chi connectivity index (χ0n) is 11.0. The zero-order valence-corrected chi connectivity index (χ0v) is 11.0. The molecule has 2 N–H and O–H groups in total. The lowest BCUT2D eigenvalue weighted by Gasteiger charge is -2.35. The number of carboxylic acids is 1. The molecule has 0 aliphatic carbocycles. The Labute approximate surface area is 116 Å². The Bertz CT molecular complexity index is 597. The predicted octanol–water partition coefficient (Wildman–Crippen LogP) is 0.874. The molecule has 1 aromatic rings. The van der Waals surface area contributed by atoms with Gasteiger partial charge in [0.1, 0.15) is 11.9 Å². The first-order chi connectivity index (χ1) is 9.45. The van der Waals surface area contributed by atoms with Crippen molar-refractivity contribution in [1.29, 1.82) is 0 Å². The Morgan fingerprint density at radius 3 is 2.85 bits per heavy atom. The summed E-state index contributed by atoms with van der Waals surface area (Å²) in [6.07, 6.45) is 3.19. The highest BCUT2D eigenvalue weighted by Crippen LogP contribution is 2.31. The van der Waals surface area contributed by atoms with Crippen molar-refractivity contribution < 1.29 is 14.7 Å². The van der Waals surface area contributed by atoms with E-state index in [0.717, 1.165) is 0 Å². The molecule has 0 radical (unpaired) electrons. The standard InChI is InChI=1S/C14H15N3O3/c1-4-17(3)10-7-9(5-6-15-10)8(2)11-12(14(19)20)16-13(11)18/h4-7,11-12H,1-2H2,3H3,(H,16,18)(H,19,20)/t11-,12+/m1/s1. The lowest BCUT2D eigenvalue weighted by Crippen LogP contribution is -2.62. The molecule has 2 heterocycles. The molecule has 6 heteroatoms. The van der Waals surface area contributed by atoms with Crippen molar-refractivity contribution in [2.24, 2.45) is 5.92 Å². The van der Waals surface area contributed by atoms with E-state index in [0.29, 0.717) is 17.0 Å². The van der Waals surface area contributed by atoms with Gasteiger partial charge in [-0.25, -0.2) is 9.78 Å². The highest BCUT2D eigenvalue weighted by Gasteiger charge is 2.46. The van der Waals surface area contributed by atoms with Crippen LogP contribution in [0.2, 0.25) is 0 Å². The Morgan fingerprint density at radius 2 is 2.30 bits per heavy atom. The first kappa shape index (κ1) is 13.8. The van der Waals surface area contributed by atoms with Crippen LogP contribution in [0.3, 0.4) is 0 Å². The number of rotatable bonds is 5. The van der Waals surface area contributed by atoms with Crippen LogP contribution >= 0.6 is 0 Å². The molecule has 0 bridgehead atoms. The predicted molar refractivity (Wildman–Crippen MR) is 74.9 cm³/mol. The smallest absolute Gasteiger partial charge is 0.327 e. The molecule has 2 rings (SSSR count). The number of aliphatic carboxylic acids is 1. The topological polar surface area (TPSA) is 82.5 Å². The van der Waals surface area contributed by atoms with Gasteiger partial charge in [0.2, 0.25) is 5.91 Å². The van der Waals surface area contributed by atoms with Crippen molar-refractivity contribution in [1.82, 2.24) is 10.3 Å². The third-order valence-electron chi connectivity index (χ3n) is 3.31. The molecule has 0 spiro atoms. The second-order valence-electron chi connectivity index (χ2n) is 4.52. The molecule has 1 aliphatic rings. The number of carbonyl (C=O) groups is 2. The number of carboxylic acid groups (broad SMARTS) is 1. The fraction of sp³-hybridized carbons (Fsp3) is 0.214. The second-order valence-corrected chi connectivity index (χ2v) is 4.52. The molecule has 104 valence electrons. The van der Waals surface area contributed by atoms with Crippen LogP contribution in [0.4, 0.5) is 5.82 Å². The van der Waals surface area contributed by atoms with Gasteiger partial charge in [-0.3, -0.25) is 4.79 Å². The van der Waals surface area contributed by atoms with Crippen molar-refractivity contribution >= 4 is 23.3 Å². The molecule has 0 aromatic carbocycles. The third kappa shape index (κ3) is 2.27. The summed E-state index contributed by atoms with van der Waals surface area (Å²) in [7, 11) is 1.79. The lowest BCUT2D eigenvalue weighted by atomic mass is 9.81. The summed E-state index contributed by atoms with van der Waals surface area (Å²) in [6.45, 7) is 7.50. The minimum absolute atomic E-state index is 0.321. The summed E-state index contributed by atoms with van der Waals surface area (Å²) in [5.74, 6) is -1.48. The van der Waals surface area contributed by atoms with Crippen LogP contribution in [0, 0.1) is 5.92 Å². The van der Waals surface area contributed by atoms with Crippen LogP contribution in [0.1, 0.15) is 5.56 Å². The Balaban J connectivity index is 2.27. The van der Waals surface area contributed by atoms with E-state index in [9.17, 15) is 9.59 Å². The lowest BCUT2D eigenvalue weighted by molar-refractivity contribution is -0.150. The number of aromatic nitrogens is 1. The van der Waals surface area contributed by atoms with E-state index in [1.165, 1.54) is 0 Å². The summed E-state index contributed by atoms with van der Waals surface area (Å²) >= 11 is 0. The Kier molecular flexibility index (Phi) is 3.56. The molecule has 1 saturated heterocycles. The van der Waals surface area contributed by atoms with E-state index in [-0.39, 0.29) is 5.91 Å². The van der Waals surface area contributed by atoms with Gasteiger partial charge < -0.3 is 15.3 Å². The largest absolute Gasteiger partial charge is 0.480 e. The van der Waals surface area contributed by atoms with Crippen LogP contribution in [-0.2, 0) is 9.59 Å². The van der Waals surface area contributed by atoms with Gasteiger partial charge in [-0.1, -0.05) is 13.2 Å². The van der Waals surface area contributed by atoms with Gasteiger partial charge in [0, 0.05) is 13.2 Å². The van der Waals surface area contributed by atoms with Crippen molar-refractivity contribution in [3.8, 4) is 0 Å². The molecule has 2 atom stereocenters. The summed E-state index contributed by atoms with van der Waals surface area (Å²) in [6, 6.07) is 2.53. The molecule has 1 aliphatic heterocycles. The van der Waals surface area contributed by atoms with Gasteiger partial charge in [0.25, 0.3) is 0 Å². The monoisotopic (exact) mass is 273 g/mol. The molecule has 20 heavy (non-hydrogen) atoms. The van der Waals surface area contributed by atoms with Gasteiger partial charge in [-0.05, 0) is 29.5 Å². The van der Waals surface area contributed by atoms with Crippen LogP contribution in [0.15, 0.2) is 37.7 Å². The normalized spacial score (nSPS) is 20.6. The number of hydrogen-bond acceptors (Lipinski definition) is 4. The second kappa shape index (κ2) is 5.16. The van der Waals surface area contributed by atoms with Gasteiger partial charge >= 0.3 is 5.97 Å². The molecular weight excluding hydrogens is 258 g/mol. The highest BCUT2D eigenvalue weighted by atomic mass is 16.4. The molecule has 1 fully saturated rings. The van der Waals surface area contributed by atoms with E-state index < -0.39 is 17.9 Å². The van der Waals surface area contributed by atoms with Crippen LogP contribution in [-0.4, -0.2) is 35.1 Å². The van der Waals surface area contributed by atoms with E-state index in [4.69, 9.17) is 5.11 Å². The van der Waals surface area contributed by atoms with Gasteiger partial charge in [-0.15, -0.1) is 0 Å². The average molecular weight is 273 g/mol. The highest BCUT2D eigenvalue weighted by molar-refractivity contribution is 6.04. The Morgan fingerprint density at radius 1 is 1.60 bits per heavy atom. The van der Waals surface area contributed by atoms with Gasteiger partial charge in [0.05, 0.1) is 5.92 Å². The van der Waals surface area contributed by atoms with Gasteiger partial charge in [-0.2, -0.15) is 0 Å². The van der Waals surface area contributed by atoms with E-state index in [2.05, 4.69) is 23.5 Å². The minimum Gasteiger partial charge on any atom is -0.480 e. The molecule has 1 amide bonds. The first-order valence-corrected chi connectivity index (χ1v) is 5.99. The number of nitrogens with one attached hydrogen (secondary N) is 1. The number of amides is 1. The maximum Gasteiger partial charge on any atom is 0.327 e. The molecule has 6 nitrogen and oxygen atoms in total. The van der Waals surface area contributed by atoms with Crippen LogP contribution in [0.5, 0.6) is 0 Å². The van der Waals surface area contributed by atoms with E-state index in [1.807, 2.05) is 0 Å². The van der Waals surface area contributed by atoms with Crippen molar-refractivity contribution in [2.75, 3.05) is 11.9 Å². The number of carbonyl (C=O) groups excluding carboxylic acids is 1. The zero-order chi connectivity index (χ0) is 14.9. The summed E-state index contributed by atoms with van der Waals surface area (Å²) in [5, 5.41) is 11.4. The fourth-order valence-corrected chi connectivity index (χ4v) is 2.03. The summed E-state index contributed by atoms with van der Waals surface area (Å²) in [5.41, 5.74) is 1.16. The van der Waals surface area contributed by atoms with Crippen molar-refractivity contribution in [3.05, 3.63) is 43.3 Å². The summed E-state index contributed by atoms with van der Waals surface area (Å²) in [4.78, 5) is 28.4. The minimum atomic E-state index is -1.06. The number of hydrogen-bond donors (Lipinski definition) is 2. The number of pyridine rings is 1. The molecule has 0 saturated carbocycles. The van der Waals surface area contributed by atoms with Crippen LogP contribution < -0.4 is 10.2 Å². The number of β-lactam (4-membered cyclic amide) rings is 1. The average Bonchev–Trinajstić information content (AvgIpc) is 2.43. The Hall–Kier alpha value is -2.63. The van der Waals surface area contributed by atoms with Crippen LogP contribution in [0.25, 0.3) is 5.57 Å². The first-order valence-electron chi connectivity index (χ1n) is 5.99. The molecule has 0 unspecified atom stereocenters. The van der Waals surface area contributed by atoms with E-state index in [1.54, 1.807) is 36.5 Å². The number of anilines is 1. The maximum absolute atomic E-state index is 11.6. The third-order valence-corrected chi connectivity index (χ3v) is 3.31. The van der Waals surface area contributed by atoms with E-state index >= 15 is 0 Å². The van der Waals surface area contributed by atoms with Gasteiger partial charge in [0.15, 0.2) is 0 Å². The molecular formula is C14H15N3O3. The maximum atomic E-state index is 11.6. The number of nitrogens with zero attached hydrogens (tertiary/aromatic N) is 2. The van der Waals surface area contributed by atoms with Crippen molar-refractivity contribution in [2.45, 2.75) is 6.04 Å². The van der Waals surface area contributed by atoms with Crippen molar-refractivity contribution in [3.63, 3.8) is 0 Å². The molecule has 1 aromatic heterocycles. The SMILES string of the molecule is C=CN(C)c1cc(C(=C)[C@H]2C(=O)N[C@@H]2C(=O)O)ccn1. The quantitative estimate of drug-likeness (QED) is 0.778.